The molecule has 1 saturated carbocycles. The molecule has 2 aliphatic rings. The van der Waals surface area contributed by atoms with E-state index < -0.39 is 0 Å². The number of nitrogens with one attached hydrogen (secondary N) is 1. The Morgan fingerprint density at radius 1 is 1.47 bits per heavy atom. The van der Waals surface area contributed by atoms with Gasteiger partial charge in [-0.1, -0.05) is 12.8 Å². The first-order chi connectivity index (χ1) is 9.10. The van der Waals surface area contributed by atoms with Crippen LogP contribution in [0.15, 0.2) is 5.38 Å². The van der Waals surface area contributed by atoms with E-state index in [1.807, 2.05) is 11.3 Å². The molecule has 2 heterocycles. The first kappa shape index (κ1) is 13.5. The van der Waals surface area contributed by atoms with E-state index >= 15 is 0 Å². The molecule has 3 rings (SSSR count). The largest absolute Gasteiger partial charge is 0.308 e. The van der Waals surface area contributed by atoms with Crippen LogP contribution in [0.1, 0.15) is 56.3 Å². The number of nitrogens with zero attached hydrogens (tertiary/aromatic N) is 2. The molecule has 0 bridgehead atoms. The lowest BCUT2D eigenvalue weighted by atomic mass is 9.91. The molecule has 2 fully saturated rings. The molecule has 3 nitrogen and oxygen atoms in total. The van der Waals surface area contributed by atoms with Crippen molar-refractivity contribution in [2.45, 2.75) is 64.1 Å². The van der Waals surface area contributed by atoms with E-state index in [0.717, 1.165) is 12.2 Å². The lowest BCUT2D eigenvalue weighted by molar-refractivity contribution is 0.0562. The monoisotopic (exact) mass is 279 g/mol. The molecule has 1 aromatic rings. The van der Waals surface area contributed by atoms with Crippen LogP contribution >= 0.6 is 11.3 Å². The normalized spacial score (nSPS) is 28.9. The second-order valence-electron chi connectivity index (χ2n) is 6.39. The first-order valence-electron chi connectivity index (χ1n) is 7.52. The fraction of sp³-hybridized carbons (Fsp3) is 0.800. The van der Waals surface area contributed by atoms with Crippen molar-refractivity contribution in [3.63, 3.8) is 0 Å². The summed E-state index contributed by atoms with van der Waals surface area (Å²) in [6.45, 7) is 9.06. The zero-order chi connectivity index (χ0) is 13.5. The van der Waals surface area contributed by atoms with Crippen LogP contribution in [0.2, 0.25) is 0 Å². The van der Waals surface area contributed by atoms with Gasteiger partial charge in [-0.2, -0.15) is 0 Å². The Balaban J connectivity index is 1.77. The molecule has 0 radical (unpaired) electrons. The van der Waals surface area contributed by atoms with Crippen molar-refractivity contribution in [3.8, 4) is 0 Å². The Bertz CT molecular complexity index is 436. The molecule has 1 aliphatic heterocycles. The minimum Gasteiger partial charge on any atom is -0.308 e. The number of piperazine rings is 1. The maximum absolute atomic E-state index is 4.69. The average molecular weight is 279 g/mol. The third-order valence-corrected chi connectivity index (χ3v) is 6.01. The maximum atomic E-state index is 4.69. The van der Waals surface area contributed by atoms with E-state index in [9.17, 15) is 0 Å². The summed E-state index contributed by atoms with van der Waals surface area (Å²) in [6.07, 6.45) is 5.47. The zero-order valence-corrected chi connectivity index (χ0v) is 13.1. The van der Waals surface area contributed by atoms with Gasteiger partial charge < -0.3 is 5.32 Å². The topological polar surface area (TPSA) is 28.2 Å². The Morgan fingerprint density at radius 3 is 2.84 bits per heavy atom. The van der Waals surface area contributed by atoms with E-state index in [1.165, 1.54) is 37.2 Å². The molecule has 19 heavy (non-hydrogen) atoms. The molecule has 106 valence electrons. The molecule has 2 unspecified atom stereocenters. The van der Waals surface area contributed by atoms with Gasteiger partial charge in [-0.3, -0.25) is 4.90 Å². The highest BCUT2D eigenvalue weighted by molar-refractivity contribution is 7.09. The van der Waals surface area contributed by atoms with Gasteiger partial charge in [0.15, 0.2) is 0 Å². The van der Waals surface area contributed by atoms with E-state index in [-0.39, 0.29) is 0 Å². The van der Waals surface area contributed by atoms with E-state index in [4.69, 9.17) is 4.98 Å². The minimum absolute atomic E-state index is 0.396. The smallest absolute Gasteiger partial charge is 0.110 e. The second-order valence-corrected chi connectivity index (χ2v) is 7.28. The summed E-state index contributed by atoms with van der Waals surface area (Å²) >= 11 is 1.81. The summed E-state index contributed by atoms with van der Waals surface area (Å²) in [7, 11) is 0. The molecule has 1 saturated heterocycles. The Hall–Kier alpha value is -0.450. The molecule has 1 spiro atoms. The highest BCUT2D eigenvalue weighted by Gasteiger charge is 2.41. The first-order valence-corrected chi connectivity index (χ1v) is 8.40. The summed E-state index contributed by atoms with van der Waals surface area (Å²) in [6, 6.07) is 1.05. The van der Waals surface area contributed by atoms with Gasteiger partial charge >= 0.3 is 0 Å². The van der Waals surface area contributed by atoms with Gasteiger partial charge in [0.05, 0.1) is 6.04 Å². The van der Waals surface area contributed by atoms with Crippen molar-refractivity contribution in [1.82, 2.24) is 15.2 Å². The quantitative estimate of drug-likeness (QED) is 0.901. The lowest BCUT2D eigenvalue weighted by Gasteiger charge is -2.47. The lowest BCUT2D eigenvalue weighted by Crippen LogP contribution is -2.62. The zero-order valence-electron chi connectivity index (χ0n) is 12.3. The van der Waals surface area contributed by atoms with Gasteiger partial charge in [-0.05, 0) is 33.6 Å². The average Bonchev–Trinajstić information content (AvgIpc) is 3.02. The summed E-state index contributed by atoms with van der Waals surface area (Å²) in [5.74, 6) is 0. The minimum atomic E-state index is 0.396. The van der Waals surface area contributed by atoms with Crippen LogP contribution < -0.4 is 5.32 Å². The van der Waals surface area contributed by atoms with Crippen LogP contribution in [0.4, 0.5) is 0 Å². The molecular formula is C15H25N3S. The van der Waals surface area contributed by atoms with Crippen LogP contribution in [0.25, 0.3) is 0 Å². The molecular weight excluding hydrogens is 254 g/mol. The Labute approximate surface area is 120 Å². The number of aryl methyl sites for hydroxylation is 1. The fourth-order valence-electron chi connectivity index (χ4n) is 3.65. The molecule has 1 aliphatic carbocycles. The van der Waals surface area contributed by atoms with Crippen molar-refractivity contribution >= 4 is 11.3 Å². The van der Waals surface area contributed by atoms with Crippen LogP contribution in [0.5, 0.6) is 0 Å². The second kappa shape index (κ2) is 5.15. The molecule has 0 aromatic carbocycles. The molecule has 2 atom stereocenters. The number of hydrogen-bond donors (Lipinski definition) is 1. The van der Waals surface area contributed by atoms with Crippen molar-refractivity contribution < 1.29 is 0 Å². The fourth-order valence-corrected chi connectivity index (χ4v) is 4.53. The van der Waals surface area contributed by atoms with Gasteiger partial charge in [0, 0.05) is 35.7 Å². The SMILES string of the molecule is Cc1csc(C(C)N2CC3(CCCC3)NCC2C)n1. The van der Waals surface area contributed by atoms with Crippen LogP contribution in [0.3, 0.4) is 0 Å². The predicted octanol–water partition coefficient (Wildman–Crippen LogP) is 3.12. The van der Waals surface area contributed by atoms with Gasteiger partial charge in [0.1, 0.15) is 5.01 Å². The highest BCUT2D eigenvalue weighted by atomic mass is 32.1. The van der Waals surface area contributed by atoms with Crippen LogP contribution in [-0.2, 0) is 0 Å². The van der Waals surface area contributed by atoms with Gasteiger partial charge in [-0.25, -0.2) is 4.98 Å². The summed E-state index contributed by atoms with van der Waals surface area (Å²) in [5.41, 5.74) is 1.55. The third kappa shape index (κ3) is 2.58. The highest BCUT2D eigenvalue weighted by Crippen LogP contribution is 2.36. The predicted molar refractivity (Wildman–Crippen MR) is 80.6 cm³/mol. The van der Waals surface area contributed by atoms with Gasteiger partial charge in [-0.15, -0.1) is 11.3 Å². The van der Waals surface area contributed by atoms with Crippen molar-refractivity contribution in [2.24, 2.45) is 0 Å². The summed E-state index contributed by atoms with van der Waals surface area (Å²) < 4.78 is 0. The Morgan fingerprint density at radius 2 is 2.21 bits per heavy atom. The van der Waals surface area contributed by atoms with Gasteiger partial charge in [0.25, 0.3) is 0 Å². The maximum Gasteiger partial charge on any atom is 0.110 e. The number of rotatable bonds is 2. The molecule has 0 amide bonds. The van der Waals surface area contributed by atoms with E-state index in [2.05, 4.69) is 36.4 Å². The molecule has 4 heteroatoms. The summed E-state index contributed by atoms with van der Waals surface area (Å²) in [4.78, 5) is 7.36. The third-order valence-electron chi connectivity index (χ3n) is 4.88. The Kier molecular flexibility index (Phi) is 3.67. The molecule has 1 N–H and O–H groups in total. The van der Waals surface area contributed by atoms with Crippen LogP contribution in [0, 0.1) is 6.92 Å². The van der Waals surface area contributed by atoms with Crippen molar-refractivity contribution in [3.05, 3.63) is 16.1 Å². The number of hydrogen-bond acceptors (Lipinski definition) is 4. The van der Waals surface area contributed by atoms with Crippen molar-refractivity contribution in [1.29, 1.82) is 0 Å². The number of aromatic nitrogens is 1. The van der Waals surface area contributed by atoms with Crippen LogP contribution in [-0.4, -0.2) is 34.6 Å². The molecule has 1 aromatic heterocycles. The van der Waals surface area contributed by atoms with Gasteiger partial charge in [0.2, 0.25) is 0 Å². The number of thiazole rings is 1. The van der Waals surface area contributed by atoms with E-state index in [1.54, 1.807) is 0 Å². The summed E-state index contributed by atoms with van der Waals surface area (Å²) in [5, 5.41) is 7.27. The van der Waals surface area contributed by atoms with Crippen molar-refractivity contribution in [2.75, 3.05) is 13.1 Å². The van der Waals surface area contributed by atoms with E-state index in [0.29, 0.717) is 17.6 Å². The standard InChI is InChI=1S/C15H25N3S/c1-11-9-19-14(17-11)13(3)18-10-15(6-4-5-7-15)16-8-12(18)2/h9,12-13,16H,4-8,10H2,1-3H3.